The molecule has 0 spiro atoms. The van der Waals surface area contributed by atoms with E-state index >= 15 is 0 Å². The number of carbonyl (C=O) groups excluding carboxylic acids is 3. The van der Waals surface area contributed by atoms with Crippen LogP contribution in [0.5, 0.6) is 5.75 Å². The largest absolute Gasteiger partial charge is 0.508 e. The van der Waals surface area contributed by atoms with Crippen LogP contribution in [0.25, 0.3) is 0 Å². The minimum atomic E-state index is -1.62. The molecule has 1 aromatic heterocycles. The van der Waals surface area contributed by atoms with Gasteiger partial charge in [-0.2, -0.15) is 0 Å². The first-order valence-corrected chi connectivity index (χ1v) is 12.8. The third-order valence-electron chi connectivity index (χ3n) is 5.92. The number of phenolic OH excluding ortho intramolecular Hbond substituents is 1. The van der Waals surface area contributed by atoms with Crippen molar-refractivity contribution in [3.05, 3.63) is 48.0 Å². The quantitative estimate of drug-likeness (QED) is 0.0512. The van der Waals surface area contributed by atoms with E-state index in [2.05, 4.69) is 30.9 Å². The number of guanidine groups is 1. The van der Waals surface area contributed by atoms with E-state index in [4.69, 9.17) is 17.2 Å². The number of carbonyl (C=O) groups is 5. The molecule has 0 bridgehead atoms. The van der Waals surface area contributed by atoms with E-state index in [1.807, 2.05) is 0 Å². The van der Waals surface area contributed by atoms with Gasteiger partial charge in [-0.3, -0.25) is 24.2 Å². The molecule has 0 aliphatic carbocycles. The molecular weight excluding hydrogens is 554 g/mol. The summed E-state index contributed by atoms with van der Waals surface area (Å²) in [4.78, 5) is 72.7. The van der Waals surface area contributed by atoms with E-state index in [0.29, 0.717) is 17.7 Å². The number of phenols is 1. The Hall–Kier alpha value is -5.19. The van der Waals surface area contributed by atoms with E-state index < -0.39 is 60.2 Å². The molecule has 0 saturated carbocycles. The second kappa shape index (κ2) is 16.2. The molecule has 0 fully saturated rings. The monoisotopic (exact) mass is 589 g/mol. The van der Waals surface area contributed by atoms with Gasteiger partial charge in [0.05, 0.1) is 18.8 Å². The third kappa shape index (κ3) is 11.5. The summed E-state index contributed by atoms with van der Waals surface area (Å²) in [6.45, 7) is 0.202. The molecule has 13 N–H and O–H groups in total. The number of hydrogen-bond acceptors (Lipinski definition) is 9. The van der Waals surface area contributed by atoms with Gasteiger partial charge in [-0.25, -0.2) is 9.78 Å². The maximum absolute atomic E-state index is 13.2. The standard InChI is InChI=1S/C25H35N9O8/c26-16(2-1-7-30-25(27)28)21(38)32-18(10-20(36)37)23(40)33-17(8-13-3-5-15(35)6-4-13)22(39)34-19(24(41)42)9-14-11-29-12-31-14/h3-6,11-12,16-19,35H,1-2,7-10,26H2,(H,29,31)(H,32,38)(H,33,40)(H,34,39)(H,36,37)(H,41,42)(H4,27,28,30). The summed E-state index contributed by atoms with van der Waals surface area (Å²) in [6.07, 6.45) is 2.07. The number of imidazole rings is 1. The highest BCUT2D eigenvalue weighted by atomic mass is 16.4. The normalized spacial score (nSPS) is 13.5. The number of nitrogens with zero attached hydrogens (tertiary/aromatic N) is 2. The second-order valence-electron chi connectivity index (χ2n) is 9.33. The van der Waals surface area contributed by atoms with Gasteiger partial charge in [0.2, 0.25) is 17.7 Å². The van der Waals surface area contributed by atoms with Crippen LogP contribution in [0.1, 0.15) is 30.5 Å². The van der Waals surface area contributed by atoms with Crippen LogP contribution in [0.4, 0.5) is 0 Å². The maximum atomic E-state index is 13.2. The number of aliphatic imine (C=N–C) groups is 1. The lowest BCUT2D eigenvalue weighted by atomic mass is 10.0. The molecule has 17 heteroatoms. The second-order valence-corrected chi connectivity index (χ2v) is 9.33. The van der Waals surface area contributed by atoms with Gasteiger partial charge in [-0.15, -0.1) is 0 Å². The van der Waals surface area contributed by atoms with Gasteiger partial charge in [-0.1, -0.05) is 12.1 Å². The number of H-pyrrole nitrogens is 1. The minimum absolute atomic E-state index is 0.0480. The number of rotatable bonds is 17. The molecule has 0 radical (unpaired) electrons. The Labute approximate surface area is 240 Å². The van der Waals surface area contributed by atoms with Gasteiger partial charge in [0.25, 0.3) is 0 Å². The van der Waals surface area contributed by atoms with Crippen molar-refractivity contribution in [1.29, 1.82) is 0 Å². The van der Waals surface area contributed by atoms with E-state index in [9.17, 15) is 39.3 Å². The van der Waals surface area contributed by atoms with Crippen LogP contribution in [0.15, 0.2) is 41.8 Å². The molecule has 0 aliphatic heterocycles. The molecule has 17 nitrogen and oxygen atoms in total. The van der Waals surface area contributed by atoms with Crippen molar-refractivity contribution >= 4 is 35.6 Å². The lowest BCUT2D eigenvalue weighted by Crippen LogP contribution is -2.58. The van der Waals surface area contributed by atoms with Gasteiger partial charge in [0.1, 0.15) is 23.9 Å². The molecule has 1 aromatic carbocycles. The smallest absolute Gasteiger partial charge is 0.326 e. The van der Waals surface area contributed by atoms with E-state index in [1.54, 1.807) is 0 Å². The number of aromatic amines is 1. The van der Waals surface area contributed by atoms with Crippen molar-refractivity contribution < 1.29 is 39.3 Å². The fourth-order valence-electron chi connectivity index (χ4n) is 3.75. The number of carboxylic acid groups (broad SMARTS) is 2. The number of amides is 3. The van der Waals surface area contributed by atoms with Crippen LogP contribution < -0.4 is 33.2 Å². The topological polar surface area (TPSA) is 301 Å². The predicted molar refractivity (Wildman–Crippen MR) is 148 cm³/mol. The van der Waals surface area contributed by atoms with Crippen molar-refractivity contribution in [2.75, 3.05) is 6.54 Å². The number of carboxylic acids is 2. The van der Waals surface area contributed by atoms with Gasteiger partial charge < -0.3 is 53.5 Å². The molecule has 3 amide bonds. The lowest BCUT2D eigenvalue weighted by molar-refractivity contribution is -0.143. The Kier molecular flexibility index (Phi) is 12.7. The van der Waals surface area contributed by atoms with Crippen LogP contribution >= 0.6 is 0 Å². The van der Waals surface area contributed by atoms with Gasteiger partial charge in [0.15, 0.2) is 5.96 Å². The van der Waals surface area contributed by atoms with E-state index in [-0.39, 0.29) is 37.5 Å². The van der Waals surface area contributed by atoms with E-state index in [1.165, 1.54) is 36.8 Å². The molecule has 0 aliphatic rings. The number of hydrogen-bond donors (Lipinski definition) is 10. The summed E-state index contributed by atoms with van der Waals surface area (Å²) >= 11 is 0. The molecular formula is C25H35N9O8. The van der Waals surface area contributed by atoms with Crippen LogP contribution in [-0.2, 0) is 36.8 Å². The number of aromatic nitrogens is 2. The van der Waals surface area contributed by atoms with E-state index in [0.717, 1.165) is 0 Å². The zero-order valence-electron chi connectivity index (χ0n) is 22.5. The molecule has 228 valence electrons. The first-order chi connectivity index (χ1) is 19.8. The average Bonchev–Trinajstić information content (AvgIpc) is 3.43. The highest BCUT2D eigenvalue weighted by molar-refractivity contribution is 5.95. The fourth-order valence-corrected chi connectivity index (χ4v) is 3.75. The molecule has 4 atom stereocenters. The summed E-state index contributed by atoms with van der Waals surface area (Å²) in [6, 6.07) is 0.152. The lowest BCUT2D eigenvalue weighted by Gasteiger charge is -2.25. The van der Waals surface area contributed by atoms with Gasteiger partial charge in [-0.05, 0) is 30.5 Å². The minimum Gasteiger partial charge on any atom is -0.508 e. The van der Waals surface area contributed by atoms with Crippen molar-refractivity contribution in [1.82, 2.24) is 25.9 Å². The van der Waals surface area contributed by atoms with Crippen LogP contribution in [-0.4, -0.2) is 91.6 Å². The molecule has 42 heavy (non-hydrogen) atoms. The fraction of sp³-hybridized carbons (Fsp3) is 0.400. The van der Waals surface area contributed by atoms with Crippen molar-refractivity contribution in [3.8, 4) is 5.75 Å². The number of benzene rings is 1. The Morgan fingerprint density at radius 2 is 1.52 bits per heavy atom. The SMILES string of the molecule is NC(N)=NCCCC(N)C(=O)NC(CC(=O)O)C(=O)NC(Cc1ccc(O)cc1)C(=O)NC(Cc1cnc[nH]1)C(=O)O. The number of aromatic hydroxyl groups is 1. The maximum Gasteiger partial charge on any atom is 0.326 e. The average molecular weight is 590 g/mol. The van der Waals surface area contributed by atoms with Crippen molar-refractivity contribution in [2.24, 2.45) is 22.2 Å². The summed E-state index contributed by atoms with van der Waals surface area (Å²) in [5, 5.41) is 35.6. The van der Waals surface area contributed by atoms with Crippen LogP contribution in [0, 0.1) is 0 Å². The first-order valence-electron chi connectivity index (χ1n) is 12.8. The Morgan fingerprint density at radius 3 is 2.10 bits per heavy atom. The molecule has 2 aromatic rings. The zero-order valence-corrected chi connectivity index (χ0v) is 22.5. The van der Waals surface area contributed by atoms with Gasteiger partial charge in [0, 0.05) is 31.3 Å². The first kappa shape index (κ1) is 33.0. The Bertz CT molecular complexity index is 1250. The summed E-state index contributed by atoms with van der Waals surface area (Å²) in [5.41, 5.74) is 17.3. The number of nitrogens with one attached hydrogen (secondary N) is 4. The summed E-state index contributed by atoms with van der Waals surface area (Å²) in [5.74, 6) is -5.66. The van der Waals surface area contributed by atoms with Gasteiger partial charge >= 0.3 is 11.9 Å². The van der Waals surface area contributed by atoms with Crippen LogP contribution in [0.3, 0.4) is 0 Å². The Morgan fingerprint density at radius 1 is 0.905 bits per heavy atom. The number of aliphatic carboxylic acids is 2. The van der Waals surface area contributed by atoms with Crippen LogP contribution in [0.2, 0.25) is 0 Å². The molecule has 1 heterocycles. The molecule has 0 saturated heterocycles. The van der Waals surface area contributed by atoms with Crippen molar-refractivity contribution in [2.45, 2.75) is 56.3 Å². The molecule has 4 unspecified atom stereocenters. The number of nitrogens with two attached hydrogens (primary N) is 3. The Balaban J connectivity index is 2.20. The summed E-state index contributed by atoms with van der Waals surface area (Å²) < 4.78 is 0. The zero-order chi connectivity index (χ0) is 31.2. The van der Waals surface area contributed by atoms with Crippen molar-refractivity contribution in [3.63, 3.8) is 0 Å². The summed E-state index contributed by atoms with van der Waals surface area (Å²) in [7, 11) is 0. The highest BCUT2D eigenvalue weighted by Crippen LogP contribution is 2.12. The predicted octanol–water partition coefficient (Wildman–Crippen LogP) is -2.70. The third-order valence-corrected chi connectivity index (χ3v) is 5.92. The molecule has 2 rings (SSSR count). The highest BCUT2D eigenvalue weighted by Gasteiger charge is 2.32.